The molecule has 0 aliphatic heterocycles. The zero-order valence-corrected chi connectivity index (χ0v) is 18.6. The molecule has 0 saturated carbocycles. The molecule has 0 bridgehead atoms. The summed E-state index contributed by atoms with van der Waals surface area (Å²) in [5.41, 5.74) is 1.08. The number of anilines is 2. The monoisotopic (exact) mass is 448 g/mol. The molecule has 2 rings (SSSR count). The van der Waals surface area contributed by atoms with Crippen molar-refractivity contribution in [3.63, 3.8) is 0 Å². The Morgan fingerprint density at radius 1 is 1.37 bits per heavy atom. The van der Waals surface area contributed by atoms with Crippen LogP contribution in [-0.4, -0.2) is 42.6 Å². The maximum Gasteiger partial charge on any atom is 0.250 e. The number of sulfonamides is 1. The molecule has 1 heterocycles. The average molecular weight is 449 g/mol. The second kappa shape index (κ2) is 9.22. The van der Waals surface area contributed by atoms with Gasteiger partial charge in [-0.25, -0.2) is 8.42 Å². The number of amides is 1. The lowest BCUT2D eigenvalue weighted by Crippen LogP contribution is -2.47. The quantitative estimate of drug-likeness (QED) is 0.487. The first-order valence-electron chi connectivity index (χ1n) is 8.20. The Hall–Kier alpha value is -1.36. The SMILES string of the molecule is CCSc1nnc(NC(=O)[C@@H](CC)N(c2cc(Cl)ccc2C)S(C)(=O)=O)s1. The van der Waals surface area contributed by atoms with E-state index in [-0.39, 0.29) is 6.42 Å². The predicted octanol–water partition coefficient (Wildman–Crippen LogP) is 3.80. The van der Waals surface area contributed by atoms with E-state index < -0.39 is 22.0 Å². The summed E-state index contributed by atoms with van der Waals surface area (Å²) in [6, 6.07) is 4.01. The number of benzene rings is 1. The van der Waals surface area contributed by atoms with Crippen molar-refractivity contribution >= 4 is 61.4 Å². The second-order valence-corrected chi connectivity index (χ2v) is 10.5. The van der Waals surface area contributed by atoms with E-state index in [1.807, 2.05) is 6.92 Å². The third kappa shape index (κ3) is 5.56. The molecule has 7 nitrogen and oxygen atoms in total. The Kier molecular flexibility index (Phi) is 7.49. The maximum atomic E-state index is 12.9. The second-order valence-electron chi connectivity index (χ2n) is 5.71. The molecule has 1 aromatic carbocycles. The van der Waals surface area contributed by atoms with E-state index in [1.54, 1.807) is 32.0 Å². The van der Waals surface area contributed by atoms with Gasteiger partial charge in [0, 0.05) is 5.02 Å². The van der Waals surface area contributed by atoms with Crippen LogP contribution in [0.2, 0.25) is 5.02 Å². The summed E-state index contributed by atoms with van der Waals surface area (Å²) < 4.78 is 26.9. The molecule has 148 valence electrons. The van der Waals surface area contributed by atoms with Gasteiger partial charge in [0.25, 0.3) is 0 Å². The Bertz CT molecular complexity index is 917. The van der Waals surface area contributed by atoms with Crippen LogP contribution in [0.25, 0.3) is 0 Å². The number of thioether (sulfide) groups is 1. The molecule has 1 atom stereocenters. The van der Waals surface area contributed by atoms with Crippen LogP contribution in [0.5, 0.6) is 0 Å². The van der Waals surface area contributed by atoms with Crippen molar-refractivity contribution in [2.75, 3.05) is 21.6 Å². The fourth-order valence-corrected chi connectivity index (χ4v) is 5.57. The number of hydrogen-bond donors (Lipinski definition) is 1. The normalized spacial score (nSPS) is 12.6. The molecule has 0 spiro atoms. The summed E-state index contributed by atoms with van der Waals surface area (Å²) in [6.07, 6.45) is 1.35. The highest BCUT2D eigenvalue weighted by Gasteiger charge is 2.33. The minimum absolute atomic E-state index is 0.278. The van der Waals surface area contributed by atoms with E-state index >= 15 is 0 Å². The Balaban J connectivity index is 2.36. The van der Waals surface area contributed by atoms with Crippen molar-refractivity contribution in [2.45, 2.75) is 37.6 Å². The van der Waals surface area contributed by atoms with Crippen molar-refractivity contribution in [2.24, 2.45) is 0 Å². The highest BCUT2D eigenvalue weighted by molar-refractivity contribution is 8.01. The van der Waals surface area contributed by atoms with Crippen molar-refractivity contribution < 1.29 is 13.2 Å². The van der Waals surface area contributed by atoms with Crippen LogP contribution in [0.1, 0.15) is 25.8 Å². The van der Waals surface area contributed by atoms with E-state index in [0.717, 1.165) is 20.7 Å². The number of carbonyl (C=O) groups excluding carboxylic acids is 1. The van der Waals surface area contributed by atoms with Crippen LogP contribution < -0.4 is 9.62 Å². The van der Waals surface area contributed by atoms with Gasteiger partial charge in [0.15, 0.2) is 4.34 Å². The maximum absolute atomic E-state index is 12.9. The molecule has 1 N–H and O–H groups in total. The van der Waals surface area contributed by atoms with Gasteiger partial charge in [0.2, 0.25) is 21.1 Å². The minimum Gasteiger partial charge on any atom is -0.299 e. The molecule has 0 fully saturated rings. The average Bonchev–Trinajstić information content (AvgIpc) is 3.01. The number of nitrogens with zero attached hydrogens (tertiary/aromatic N) is 3. The number of aryl methyl sites for hydroxylation is 1. The Labute approximate surface area is 172 Å². The molecule has 1 amide bonds. The topological polar surface area (TPSA) is 92.3 Å². The lowest BCUT2D eigenvalue weighted by Gasteiger charge is -2.31. The summed E-state index contributed by atoms with van der Waals surface area (Å²) in [4.78, 5) is 12.9. The summed E-state index contributed by atoms with van der Waals surface area (Å²) in [5.74, 6) is 0.377. The molecule has 0 radical (unpaired) electrons. The standard InChI is InChI=1S/C16H21ClN4O3S3/c1-5-12(14(22)18-15-19-20-16(26-15)25-6-2)21(27(4,23)24)13-9-11(17)8-7-10(13)3/h7-9,12H,5-6H2,1-4H3,(H,18,19,22)/t12-/m1/s1. The lowest BCUT2D eigenvalue weighted by molar-refractivity contribution is -0.117. The zero-order valence-electron chi connectivity index (χ0n) is 15.4. The molecule has 11 heteroatoms. The van der Waals surface area contributed by atoms with Crippen LogP contribution in [0.4, 0.5) is 10.8 Å². The van der Waals surface area contributed by atoms with Gasteiger partial charge in [-0.1, -0.05) is 54.6 Å². The minimum atomic E-state index is -3.73. The van der Waals surface area contributed by atoms with E-state index in [9.17, 15) is 13.2 Å². The molecular formula is C16H21ClN4O3S3. The number of carbonyl (C=O) groups is 1. The largest absolute Gasteiger partial charge is 0.299 e. The molecule has 2 aromatic rings. The summed E-state index contributed by atoms with van der Waals surface area (Å²) in [6.45, 7) is 5.52. The van der Waals surface area contributed by atoms with E-state index in [1.165, 1.54) is 23.1 Å². The molecule has 0 saturated heterocycles. The van der Waals surface area contributed by atoms with Gasteiger partial charge in [-0.3, -0.25) is 14.4 Å². The predicted molar refractivity (Wildman–Crippen MR) is 113 cm³/mol. The molecule has 1 aromatic heterocycles. The van der Waals surface area contributed by atoms with E-state index in [2.05, 4.69) is 15.5 Å². The van der Waals surface area contributed by atoms with Gasteiger partial charge < -0.3 is 0 Å². The van der Waals surface area contributed by atoms with E-state index in [4.69, 9.17) is 11.6 Å². The zero-order chi connectivity index (χ0) is 20.2. The molecule has 0 aliphatic rings. The van der Waals surface area contributed by atoms with E-state index in [0.29, 0.717) is 21.4 Å². The lowest BCUT2D eigenvalue weighted by atomic mass is 10.1. The number of hydrogen-bond acceptors (Lipinski definition) is 7. The molecule has 0 aliphatic carbocycles. The van der Waals surface area contributed by atoms with Crippen LogP contribution in [0.15, 0.2) is 22.5 Å². The number of nitrogens with one attached hydrogen (secondary N) is 1. The first-order chi connectivity index (χ1) is 12.7. The van der Waals surface area contributed by atoms with Crippen LogP contribution >= 0.6 is 34.7 Å². The van der Waals surface area contributed by atoms with Gasteiger partial charge in [0.1, 0.15) is 6.04 Å². The number of rotatable bonds is 8. The van der Waals surface area contributed by atoms with Crippen molar-refractivity contribution in [3.05, 3.63) is 28.8 Å². The van der Waals surface area contributed by atoms with Crippen molar-refractivity contribution in [3.8, 4) is 0 Å². The van der Waals surface area contributed by atoms with Gasteiger partial charge in [0.05, 0.1) is 11.9 Å². The van der Waals surface area contributed by atoms with Gasteiger partial charge in [-0.2, -0.15) is 0 Å². The number of aromatic nitrogens is 2. The molecule has 0 unspecified atom stereocenters. The van der Waals surface area contributed by atoms with Crippen LogP contribution in [-0.2, 0) is 14.8 Å². The highest BCUT2D eigenvalue weighted by Crippen LogP contribution is 2.30. The Morgan fingerprint density at radius 3 is 2.67 bits per heavy atom. The third-order valence-electron chi connectivity index (χ3n) is 3.64. The molecular weight excluding hydrogens is 428 g/mol. The Morgan fingerprint density at radius 2 is 2.07 bits per heavy atom. The first-order valence-corrected chi connectivity index (χ1v) is 12.2. The summed E-state index contributed by atoms with van der Waals surface area (Å²) in [5, 5.41) is 11.3. The highest BCUT2D eigenvalue weighted by atomic mass is 35.5. The van der Waals surface area contributed by atoms with Crippen LogP contribution in [0, 0.1) is 6.92 Å². The van der Waals surface area contributed by atoms with Crippen LogP contribution in [0.3, 0.4) is 0 Å². The smallest absolute Gasteiger partial charge is 0.250 e. The third-order valence-corrected chi connectivity index (χ3v) is 6.90. The van der Waals surface area contributed by atoms with Gasteiger partial charge in [-0.15, -0.1) is 10.2 Å². The summed E-state index contributed by atoms with van der Waals surface area (Å²) in [7, 11) is -3.73. The fourth-order valence-electron chi connectivity index (χ4n) is 2.49. The fraction of sp³-hybridized carbons (Fsp3) is 0.438. The van der Waals surface area contributed by atoms with Crippen molar-refractivity contribution in [1.82, 2.24) is 10.2 Å². The summed E-state index contributed by atoms with van der Waals surface area (Å²) >= 11 is 8.83. The van der Waals surface area contributed by atoms with Gasteiger partial charge >= 0.3 is 0 Å². The molecule has 27 heavy (non-hydrogen) atoms. The van der Waals surface area contributed by atoms with Gasteiger partial charge in [-0.05, 0) is 36.8 Å². The van der Waals surface area contributed by atoms with Crippen molar-refractivity contribution in [1.29, 1.82) is 0 Å². The first kappa shape index (κ1) is 21.9. The number of halogens is 1.